The Morgan fingerprint density at radius 2 is 2.78 bits per heavy atom. The van der Waals surface area contributed by atoms with Gasteiger partial charge in [-0.3, -0.25) is 0 Å². The van der Waals surface area contributed by atoms with Gasteiger partial charge in [0.15, 0.2) is 6.29 Å². The van der Waals surface area contributed by atoms with Gasteiger partial charge in [0.2, 0.25) is 0 Å². The molecule has 1 heterocycles. The summed E-state index contributed by atoms with van der Waals surface area (Å²) in [5.74, 6) is 0. The lowest BCUT2D eigenvalue weighted by molar-refractivity contribution is -0.0888. The number of ether oxygens (including phenoxy) is 2. The highest BCUT2D eigenvalue weighted by molar-refractivity contribution is 9.11. The molecule has 0 aromatic rings. The minimum atomic E-state index is -0.144. The SMILES string of the molecule is CCOC1OCC=C1Br. The average Bonchev–Trinajstić information content (AvgIpc) is 2.18. The van der Waals surface area contributed by atoms with E-state index in [1.807, 2.05) is 13.0 Å². The van der Waals surface area contributed by atoms with E-state index in [0.717, 1.165) is 4.48 Å². The summed E-state index contributed by atoms with van der Waals surface area (Å²) >= 11 is 3.32. The summed E-state index contributed by atoms with van der Waals surface area (Å²) in [6, 6.07) is 0. The van der Waals surface area contributed by atoms with E-state index >= 15 is 0 Å². The van der Waals surface area contributed by atoms with Crippen molar-refractivity contribution in [3.05, 3.63) is 10.6 Å². The molecule has 0 bridgehead atoms. The molecule has 0 aromatic heterocycles. The van der Waals surface area contributed by atoms with Crippen LogP contribution in [0.25, 0.3) is 0 Å². The van der Waals surface area contributed by atoms with Crippen molar-refractivity contribution in [2.24, 2.45) is 0 Å². The van der Waals surface area contributed by atoms with Crippen LogP contribution in [0.3, 0.4) is 0 Å². The minimum Gasteiger partial charge on any atom is -0.348 e. The van der Waals surface area contributed by atoms with Crippen molar-refractivity contribution < 1.29 is 9.47 Å². The number of halogens is 1. The highest BCUT2D eigenvalue weighted by atomic mass is 79.9. The van der Waals surface area contributed by atoms with Crippen LogP contribution in [0.15, 0.2) is 10.6 Å². The zero-order valence-electron chi connectivity index (χ0n) is 5.26. The average molecular weight is 193 g/mol. The first-order chi connectivity index (χ1) is 4.34. The molecule has 0 fully saturated rings. The predicted octanol–water partition coefficient (Wildman–Crippen LogP) is 1.66. The maximum Gasteiger partial charge on any atom is 0.190 e. The van der Waals surface area contributed by atoms with Crippen LogP contribution in [-0.4, -0.2) is 19.5 Å². The van der Waals surface area contributed by atoms with Crippen LogP contribution in [0.4, 0.5) is 0 Å². The number of hydrogen-bond donors (Lipinski definition) is 0. The van der Waals surface area contributed by atoms with Crippen molar-refractivity contribution in [1.29, 1.82) is 0 Å². The minimum absolute atomic E-state index is 0.144. The second-order valence-electron chi connectivity index (χ2n) is 1.71. The van der Waals surface area contributed by atoms with Crippen LogP contribution in [0.1, 0.15) is 6.92 Å². The maximum absolute atomic E-state index is 5.18. The third-order valence-electron chi connectivity index (χ3n) is 1.07. The standard InChI is InChI=1S/C6H9BrO2/c1-2-8-6-5(7)3-4-9-6/h3,6H,2,4H2,1H3. The van der Waals surface area contributed by atoms with E-state index < -0.39 is 0 Å². The first-order valence-electron chi connectivity index (χ1n) is 2.93. The molecule has 0 N–H and O–H groups in total. The molecule has 9 heavy (non-hydrogen) atoms. The fourth-order valence-electron chi connectivity index (χ4n) is 0.670. The molecule has 0 spiro atoms. The van der Waals surface area contributed by atoms with E-state index in [1.165, 1.54) is 0 Å². The summed E-state index contributed by atoms with van der Waals surface area (Å²) < 4.78 is 11.3. The molecular formula is C6H9BrO2. The molecule has 0 aromatic carbocycles. The summed E-state index contributed by atoms with van der Waals surface area (Å²) in [5, 5.41) is 0. The van der Waals surface area contributed by atoms with Gasteiger partial charge >= 0.3 is 0 Å². The van der Waals surface area contributed by atoms with Crippen molar-refractivity contribution in [3.63, 3.8) is 0 Å². The molecule has 0 amide bonds. The zero-order chi connectivity index (χ0) is 6.69. The van der Waals surface area contributed by atoms with Gasteiger partial charge in [0.05, 0.1) is 6.61 Å². The first-order valence-corrected chi connectivity index (χ1v) is 3.72. The Balaban J connectivity index is 2.34. The van der Waals surface area contributed by atoms with E-state index in [9.17, 15) is 0 Å². The predicted molar refractivity (Wildman–Crippen MR) is 38.4 cm³/mol. The smallest absolute Gasteiger partial charge is 0.190 e. The summed E-state index contributed by atoms with van der Waals surface area (Å²) in [6.45, 7) is 3.29. The highest BCUT2D eigenvalue weighted by Gasteiger charge is 2.16. The lowest BCUT2D eigenvalue weighted by atomic mass is 10.5. The summed E-state index contributed by atoms with van der Waals surface area (Å²) in [4.78, 5) is 0. The first kappa shape index (κ1) is 7.25. The van der Waals surface area contributed by atoms with Gasteiger partial charge in [-0.05, 0) is 13.0 Å². The molecule has 1 aliphatic heterocycles. The topological polar surface area (TPSA) is 18.5 Å². The van der Waals surface area contributed by atoms with Gasteiger partial charge in [-0.1, -0.05) is 15.9 Å². The number of rotatable bonds is 2. The normalized spacial score (nSPS) is 26.4. The second-order valence-corrected chi connectivity index (χ2v) is 2.63. The Morgan fingerprint density at radius 3 is 3.22 bits per heavy atom. The maximum atomic E-state index is 5.18. The molecule has 1 rings (SSSR count). The van der Waals surface area contributed by atoms with Crippen molar-refractivity contribution in [2.45, 2.75) is 13.2 Å². The van der Waals surface area contributed by atoms with E-state index in [2.05, 4.69) is 15.9 Å². The molecule has 0 saturated heterocycles. The molecule has 0 aliphatic carbocycles. The fraction of sp³-hybridized carbons (Fsp3) is 0.667. The Kier molecular flexibility index (Phi) is 2.69. The van der Waals surface area contributed by atoms with Gasteiger partial charge in [0, 0.05) is 11.1 Å². The summed E-state index contributed by atoms with van der Waals surface area (Å²) in [7, 11) is 0. The molecular weight excluding hydrogens is 184 g/mol. The van der Waals surface area contributed by atoms with Gasteiger partial charge in [-0.15, -0.1) is 0 Å². The fourth-order valence-corrected chi connectivity index (χ4v) is 1.07. The Hall–Kier alpha value is 0.140. The van der Waals surface area contributed by atoms with Gasteiger partial charge in [-0.25, -0.2) is 0 Å². The van der Waals surface area contributed by atoms with Gasteiger partial charge in [0.1, 0.15) is 0 Å². The molecule has 1 unspecified atom stereocenters. The van der Waals surface area contributed by atoms with Crippen LogP contribution in [-0.2, 0) is 9.47 Å². The lowest BCUT2D eigenvalue weighted by Crippen LogP contribution is -2.11. The number of hydrogen-bond acceptors (Lipinski definition) is 2. The van der Waals surface area contributed by atoms with Gasteiger partial charge < -0.3 is 9.47 Å². The van der Waals surface area contributed by atoms with Crippen molar-refractivity contribution in [3.8, 4) is 0 Å². The Labute approximate surface area is 63.0 Å². The van der Waals surface area contributed by atoms with Crippen LogP contribution in [0.5, 0.6) is 0 Å². The van der Waals surface area contributed by atoms with Gasteiger partial charge in [-0.2, -0.15) is 0 Å². The van der Waals surface area contributed by atoms with Crippen molar-refractivity contribution in [2.75, 3.05) is 13.2 Å². The molecule has 0 saturated carbocycles. The summed E-state index contributed by atoms with van der Waals surface area (Å²) in [5.41, 5.74) is 0. The molecule has 1 aliphatic rings. The van der Waals surface area contributed by atoms with Crippen LogP contribution in [0.2, 0.25) is 0 Å². The third kappa shape index (κ3) is 1.78. The molecule has 52 valence electrons. The van der Waals surface area contributed by atoms with E-state index in [1.54, 1.807) is 0 Å². The van der Waals surface area contributed by atoms with E-state index in [-0.39, 0.29) is 6.29 Å². The largest absolute Gasteiger partial charge is 0.348 e. The molecule has 3 heteroatoms. The molecule has 0 radical (unpaired) electrons. The monoisotopic (exact) mass is 192 g/mol. The van der Waals surface area contributed by atoms with Crippen molar-refractivity contribution >= 4 is 15.9 Å². The van der Waals surface area contributed by atoms with Gasteiger partial charge in [0.25, 0.3) is 0 Å². The third-order valence-corrected chi connectivity index (χ3v) is 1.77. The Bertz CT molecular complexity index is 122. The quantitative estimate of drug-likeness (QED) is 0.663. The lowest BCUT2D eigenvalue weighted by Gasteiger charge is -2.09. The van der Waals surface area contributed by atoms with E-state index in [4.69, 9.17) is 9.47 Å². The van der Waals surface area contributed by atoms with Crippen LogP contribution < -0.4 is 0 Å². The molecule has 1 atom stereocenters. The van der Waals surface area contributed by atoms with Crippen molar-refractivity contribution in [1.82, 2.24) is 0 Å². The molecule has 2 nitrogen and oxygen atoms in total. The summed E-state index contributed by atoms with van der Waals surface area (Å²) in [6.07, 6.45) is 1.82. The second kappa shape index (κ2) is 3.34. The van der Waals surface area contributed by atoms with Crippen LogP contribution in [0, 0.1) is 0 Å². The Morgan fingerprint density at radius 1 is 2.00 bits per heavy atom. The highest BCUT2D eigenvalue weighted by Crippen LogP contribution is 2.20. The zero-order valence-corrected chi connectivity index (χ0v) is 6.85. The van der Waals surface area contributed by atoms with E-state index in [0.29, 0.717) is 13.2 Å². The van der Waals surface area contributed by atoms with Crippen LogP contribution >= 0.6 is 15.9 Å².